The third kappa shape index (κ3) is 4.34. The summed E-state index contributed by atoms with van der Waals surface area (Å²) >= 11 is 0. The lowest BCUT2D eigenvalue weighted by atomic mass is 9.86. The first kappa shape index (κ1) is 16.9. The van der Waals surface area contributed by atoms with Crippen LogP contribution in [0.4, 0.5) is 4.39 Å². The molecular weight excluding hydrogens is 305 g/mol. The first-order valence-corrected chi connectivity index (χ1v) is 8.53. The van der Waals surface area contributed by atoms with Crippen molar-refractivity contribution < 1.29 is 14.2 Å². The number of aliphatic hydroxyl groups is 1. The van der Waals surface area contributed by atoms with Crippen molar-refractivity contribution in [2.24, 2.45) is 0 Å². The van der Waals surface area contributed by atoms with Crippen molar-refractivity contribution in [1.82, 2.24) is 5.32 Å². The van der Waals surface area contributed by atoms with E-state index in [0.29, 0.717) is 25.0 Å². The fraction of sp³-hybridized carbons (Fsp3) is 0.400. The molecule has 24 heavy (non-hydrogen) atoms. The Morgan fingerprint density at radius 1 is 1.04 bits per heavy atom. The molecular formula is C20H24FNO2. The molecule has 128 valence electrons. The van der Waals surface area contributed by atoms with Crippen molar-refractivity contribution in [2.45, 2.75) is 37.9 Å². The van der Waals surface area contributed by atoms with Crippen molar-refractivity contribution in [2.75, 3.05) is 13.1 Å². The van der Waals surface area contributed by atoms with Gasteiger partial charge in [-0.1, -0.05) is 42.5 Å². The molecule has 0 saturated carbocycles. The topological polar surface area (TPSA) is 41.5 Å². The molecule has 3 nitrogen and oxygen atoms in total. The molecule has 0 atom stereocenters. The fourth-order valence-electron chi connectivity index (χ4n) is 3.11. The zero-order valence-corrected chi connectivity index (χ0v) is 13.8. The fourth-order valence-corrected chi connectivity index (χ4v) is 3.11. The number of aryl methyl sites for hydroxylation is 1. The van der Waals surface area contributed by atoms with Crippen LogP contribution in [0.25, 0.3) is 0 Å². The number of piperidine rings is 1. The smallest absolute Gasteiger partial charge is 0.168 e. The Kier molecular flexibility index (Phi) is 5.48. The lowest BCUT2D eigenvalue weighted by Crippen LogP contribution is -2.42. The molecule has 0 spiro atoms. The van der Waals surface area contributed by atoms with E-state index in [2.05, 4.69) is 5.32 Å². The second-order valence-electron chi connectivity index (χ2n) is 6.48. The summed E-state index contributed by atoms with van der Waals surface area (Å²) in [7, 11) is 0. The molecule has 3 rings (SSSR count). The van der Waals surface area contributed by atoms with Crippen molar-refractivity contribution in [1.29, 1.82) is 0 Å². The van der Waals surface area contributed by atoms with Gasteiger partial charge in [-0.05, 0) is 56.0 Å². The summed E-state index contributed by atoms with van der Waals surface area (Å²) in [4.78, 5) is 0. The molecule has 2 aromatic rings. The van der Waals surface area contributed by atoms with Crippen LogP contribution in [0, 0.1) is 5.82 Å². The van der Waals surface area contributed by atoms with Gasteiger partial charge in [0.15, 0.2) is 11.6 Å². The predicted octanol–water partition coefficient (Wildman–Crippen LogP) is 3.45. The van der Waals surface area contributed by atoms with E-state index in [1.807, 2.05) is 36.4 Å². The summed E-state index contributed by atoms with van der Waals surface area (Å²) < 4.78 is 20.3. The number of hydrogen-bond donors (Lipinski definition) is 2. The first-order valence-electron chi connectivity index (χ1n) is 8.53. The van der Waals surface area contributed by atoms with Crippen LogP contribution in [-0.4, -0.2) is 23.8 Å². The predicted molar refractivity (Wildman–Crippen MR) is 92.5 cm³/mol. The minimum Gasteiger partial charge on any atom is -0.486 e. The highest BCUT2D eigenvalue weighted by Gasteiger charge is 2.29. The molecule has 1 aliphatic heterocycles. The van der Waals surface area contributed by atoms with E-state index < -0.39 is 5.60 Å². The summed E-state index contributed by atoms with van der Waals surface area (Å²) in [6.07, 6.45) is 2.54. The molecule has 0 amide bonds. The Morgan fingerprint density at radius 3 is 2.54 bits per heavy atom. The molecule has 1 aliphatic rings. The number of nitrogens with one attached hydrogen (secondary N) is 1. The van der Waals surface area contributed by atoms with Crippen molar-refractivity contribution in [3.63, 3.8) is 0 Å². The van der Waals surface area contributed by atoms with Gasteiger partial charge < -0.3 is 15.2 Å². The largest absolute Gasteiger partial charge is 0.486 e. The SMILES string of the molecule is OC1(CCc2cccc(OCc3ccccc3)c2F)CCNCC1. The van der Waals surface area contributed by atoms with Crippen molar-refractivity contribution in [3.05, 3.63) is 65.5 Å². The zero-order chi connectivity index (χ0) is 16.8. The van der Waals surface area contributed by atoms with Gasteiger partial charge >= 0.3 is 0 Å². The Morgan fingerprint density at radius 2 is 1.79 bits per heavy atom. The maximum absolute atomic E-state index is 14.6. The third-order valence-corrected chi connectivity index (χ3v) is 4.67. The van der Waals surface area contributed by atoms with E-state index in [0.717, 1.165) is 31.5 Å². The van der Waals surface area contributed by atoms with Gasteiger partial charge in [0.05, 0.1) is 5.60 Å². The minimum absolute atomic E-state index is 0.272. The maximum atomic E-state index is 14.6. The van der Waals surface area contributed by atoms with Crippen LogP contribution in [0.3, 0.4) is 0 Å². The van der Waals surface area contributed by atoms with E-state index in [1.54, 1.807) is 12.1 Å². The molecule has 1 saturated heterocycles. The summed E-state index contributed by atoms with van der Waals surface area (Å²) in [5.74, 6) is -0.0420. The highest BCUT2D eigenvalue weighted by molar-refractivity contribution is 5.31. The lowest BCUT2D eigenvalue weighted by Gasteiger charge is -2.32. The summed E-state index contributed by atoms with van der Waals surface area (Å²) in [5, 5.41) is 13.8. The van der Waals surface area contributed by atoms with Gasteiger partial charge in [0.2, 0.25) is 0 Å². The lowest BCUT2D eigenvalue weighted by molar-refractivity contribution is 0.00264. The number of halogens is 1. The first-order chi connectivity index (χ1) is 11.7. The Hall–Kier alpha value is -1.91. The number of benzene rings is 2. The monoisotopic (exact) mass is 329 g/mol. The van der Waals surface area contributed by atoms with Crippen LogP contribution >= 0.6 is 0 Å². The van der Waals surface area contributed by atoms with Crippen LogP contribution in [0.5, 0.6) is 5.75 Å². The minimum atomic E-state index is -0.682. The van der Waals surface area contributed by atoms with Gasteiger partial charge in [0.25, 0.3) is 0 Å². The van der Waals surface area contributed by atoms with E-state index in [1.165, 1.54) is 0 Å². The van der Waals surface area contributed by atoms with Crippen LogP contribution < -0.4 is 10.1 Å². The number of rotatable bonds is 6. The quantitative estimate of drug-likeness (QED) is 0.853. The van der Waals surface area contributed by atoms with Crippen LogP contribution in [0.1, 0.15) is 30.4 Å². The van der Waals surface area contributed by atoms with E-state index in [-0.39, 0.29) is 11.6 Å². The molecule has 1 fully saturated rings. The summed E-state index contributed by atoms with van der Waals surface area (Å²) in [6, 6.07) is 15.0. The molecule has 0 radical (unpaired) electrons. The van der Waals surface area contributed by atoms with E-state index >= 15 is 0 Å². The molecule has 4 heteroatoms. The molecule has 1 heterocycles. The summed E-state index contributed by atoms with van der Waals surface area (Å²) in [5.41, 5.74) is 0.928. The second-order valence-corrected chi connectivity index (χ2v) is 6.48. The van der Waals surface area contributed by atoms with Gasteiger partial charge in [-0.2, -0.15) is 0 Å². The molecule has 2 aromatic carbocycles. The molecule has 0 aliphatic carbocycles. The number of hydrogen-bond acceptors (Lipinski definition) is 3. The third-order valence-electron chi connectivity index (χ3n) is 4.67. The zero-order valence-electron chi connectivity index (χ0n) is 13.8. The van der Waals surface area contributed by atoms with E-state index in [9.17, 15) is 9.50 Å². The maximum Gasteiger partial charge on any atom is 0.168 e. The van der Waals surface area contributed by atoms with Crippen molar-refractivity contribution in [3.8, 4) is 5.75 Å². The standard InChI is InChI=1S/C20H24FNO2/c21-19-17(9-10-20(23)11-13-22-14-12-20)7-4-8-18(19)24-15-16-5-2-1-3-6-16/h1-8,22-23H,9-15H2. The Bertz CT molecular complexity index is 654. The van der Waals surface area contributed by atoms with Gasteiger partial charge in [0.1, 0.15) is 6.61 Å². The molecule has 0 unspecified atom stereocenters. The normalized spacial score (nSPS) is 16.8. The van der Waals surface area contributed by atoms with Crippen LogP contribution in [0.15, 0.2) is 48.5 Å². The van der Waals surface area contributed by atoms with Gasteiger partial charge in [0, 0.05) is 0 Å². The van der Waals surface area contributed by atoms with Crippen LogP contribution in [0.2, 0.25) is 0 Å². The van der Waals surface area contributed by atoms with Gasteiger partial charge in [-0.25, -0.2) is 4.39 Å². The average molecular weight is 329 g/mol. The molecule has 2 N–H and O–H groups in total. The highest BCUT2D eigenvalue weighted by atomic mass is 19.1. The number of ether oxygens (including phenoxy) is 1. The summed E-state index contributed by atoms with van der Waals surface area (Å²) in [6.45, 7) is 1.98. The van der Waals surface area contributed by atoms with E-state index in [4.69, 9.17) is 4.74 Å². The van der Waals surface area contributed by atoms with Gasteiger partial charge in [-0.3, -0.25) is 0 Å². The molecule has 0 aromatic heterocycles. The average Bonchev–Trinajstić information content (AvgIpc) is 2.61. The molecule has 0 bridgehead atoms. The highest BCUT2D eigenvalue weighted by Crippen LogP contribution is 2.27. The van der Waals surface area contributed by atoms with Crippen molar-refractivity contribution >= 4 is 0 Å². The Balaban J connectivity index is 1.62. The van der Waals surface area contributed by atoms with Gasteiger partial charge in [-0.15, -0.1) is 0 Å². The van der Waals surface area contributed by atoms with Crippen LogP contribution in [-0.2, 0) is 13.0 Å². The Labute approximate surface area is 142 Å². The second kappa shape index (κ2) is 7.77.